The lowest BCUT2D eigenvalue weighted by Gasteiger charge is -2.10. The van der Waals surface area contributed by atoms with Crippen LogP contribution in [0.25, 0.3) is 11.6 Å². The van der Waals surface area contributed by atoms with Gasteiger partial charge in [-0.05, 0) is 81.7 Å². The Hall–Kier alpha value is -2.45. The lowest BCUT2D eigenvalue weighted by atomic mass is 10.0. The fourth-order valence-electron chi connectivity index (χ4n) is 2.64. The van der Waals surface area contributed by atoms with Crippen LogP contribution in [-0.2, 0) is 6.61 Å². The topological polar surface area (TPSA) is 42.2 Å². The average Bonchev–Trinajstić information content (AvgIpc) is 2.72. The summed E-state index contributed by atoms with van der Waals surface area (Å²) in [5.74, 6) is 1.42. The third-order valence-corrected chi connectivity index (χ3v) is 5.39. The van der Waals surface area contributed by atoms with Crippen molar-refractivity contribution in [1.82, 2.24) is 0 Å². The molecule has 0 aliphatic heterocycles. The zero-order valence-electron chi connectivity index (χ0n) is 15.5. The van der Waals surface area contributed by atoms with Gasteiger partial charge in [0.2, 0.25) is 0 Å². The van der Waals surface area contributed by atoms with Crippen LogP contribution >= 0.6 is 39.1 Å². The molecule has 3 nitrogen and oxygen atoms in total. The molecule has 0 fully saturated rings. The highest BCUT2D eigenvalue weighted by molar-refractivity contribution is 9.10. The summed E-state index contributed by atoms with van der Waals surface area (Å²) in [7, 11) is 1.61. The van der Waals surface area contributed by atoms with Crippen LogP contribution in [0.4, 0.5) is 0 Å². The van der Waals surface area contributed by atoms with E-state index in [1.54, 1.807) is 19.2 Å². The van der Waals surface area contributed by atoms with Crippen molar-refractivity contribution in [3.8, 4) is 17.6 Å². The molecule has 0 amide bonds. The van der Waals surface area contributed by atoms with Gasteiger partial charge in [0.05, 0.1) is 23.2 Å². The highest BCUT2D eigenvalue weighted by Crippen LogP contribution is 2.30. The first-order valence-electron chi connectivity index (χ1n) is 8.62. The highest BCUT2D eigenvalue weighted by atomic mass is 79.9. The van der Waals surface area contributed by atoms with Gasteiger partial charge in [-0.15, -0.1) is 0 Å². The Bertz CT molecular complexity index is 1090. The maximum Gasteiger partial charge on any atom is 0.134 e. The molecule has 0 atom stereocenters. The Morgan fingerprint density at radius 3 is 2.45 bits per heavy atom. The van der Waals surface area contributed by atoms with Gasteiger partial charge in [-0.1, -0.05) is 35.3 Å². The smallest absolute Gasteiger partial charge is 0.134 e. The van der Waals surface area contributed by atoms with Crippen LogP contribution in [0.3, 0.4) is 0 Å². The number of nitrogens with zero attached hydrogens (tertiary/aromatic N) is 1. The molecule has 3 aromatic rings. The van der Waals surface area contributed by atoms with Gasteiger partial charge in [0.25, 0.3) is 0 Å². The van der Waals surface area contributed by atoms with Gasteiger partial charge >= 0.3 is 0 Å². The summed E-state index contributed by atoms with van der Waals surface area (Å²) < 4.78 is 11.8. The number of methoxy groups -OCH3 is 1. The number of hydrogen-bond donors (Lipinski definition) is 0. The van der Waals surface area contributed by atoms with Crippen molar-refractivity contribution in [2.45, 2.75) is 6.61 Å². The molecule has 0 aliphatic rings. The van der Waals surface area contributed by atoms with E-state index in [1.807, 2.05) is 54.6 Å². The van der Waals surface area contributed by atoms with Crippen LogP contribution in [0.5, 0.6) is 11.5 Å². The van der Waals surface area contributed by atoms with Crippen LogP contribution in [-0.4, -0.2) is 7.11 Å². The number of halogens is 3. The molecule has 0 N–H and O–H groups in total. The molecule has 0 aromatic heterocycles. The molecular weight excluding hydrogens is 473 g/mol. The molecule has 0 heterocycles. The van der Waals surface area contributed by atoms with Crippen molar-refractivity contribution >= 4 is 50.8 Å². The summed E-state index contributed by atoms with van der Waals surface area (Å²) in [5.41, 5.74) is 3.10. The monoisotopic (exact) mass is 487 g/mol. The molecule has 0 saturated heterocycles. The van der Waals surface area contributed by atoms with Crippen molar-refractivity contribution in [2.24, 2.45) is 0 Å². The van der Waals surface area contributed by atoms with E-state index in [4.69, 9.17) is 32.7 Å². The summed E-state index contributed by atoms with van der Waals surface area (Å²) in [5, 5.41) is 10.7. The van der Waals surface area contributed by atoms with Gasteiger partial charge < -0.3 is 9.47 Å². The second-order valence-electron chi connectivity index (χ2n) is 6.11. The van der Waals surface area contributed by atoms with Gasteiger partial charge in [0, 0.05) is 15.6 Å². The molecule has 3 aromatic carbocycles. The zero-order chi connectivity index (χ0) is 20.8. The Labute approximate surface area is 188 Å². The third-order valence-electron chi connectivity index (χ3n) is 4.19. The molecule has 0 aliphatic carbocycles. The first kappa shape index (κ1) is 21.3. The fraction of sp³-hybridized carbons (Fsp3) is 0.0870. The molecule has 146 valence electrons. The second-order valence-corrected chi connectivity index (χ2v) is 7.81. The normalized spacial score (nSPS) is 11.1. The van der Waals surface area contributed by atoms with Crippen molar-refractivity contribution < 1.29 is 9.47 Å². The summed E-state index contributed by atoms with van der Waals surface area (Å²) in [6.45, 7) is 0.319. The first-order chi connectivity index (χ1) is 14.0. The van der Waals surface area contributed by atoms with Gasteiger partial charge in [0.15, 0.2) is 0 Å². The Morgan fingerprint density at radius 1 is 1.07 bits per heavy atom. The number of benzene rings is 3. The molecular formula is C23H16BrCl2NO2. The fourth-order valence-corrected chi connectivity index (χ4v) is 3.61. The van der Waals surface area contributed by atoms with E-state index >= 15 is 0 Å². The van der Waals surface area contributed by atoms with E-state index in [1.165, 1.54) is 0 Å². The van der Waals surface area contributed by atoms with E-state index in [0.717, 1.165) is 26.9 Å². The molecule has 0 saturated carbocycles. The van der Waals surface area contributed by atoms with Gasteiger partial charge in [-0.2, -0.15) is 5.26 Å². The second kappa shape index (κ2) is 9.84. The minimum Gasteiger partial charge on any atom is -0.497 e. The molecule has 0 radical (unpaired) electrons. The Morgan fingerprint density at radius 2 is 1.83 bits per heavy atom. The lowest BCUT2D eigenvalue weighted by molar-refractivity contribution is 0.304. The van der Waals surface area contributed by atoms with Gasteiger partial charge in [-0.3, -0.25) is 0 Å². The molecule has 29 heavy (non-hydrogen) atoms. The SMILES string of the molecule is COc1ccc(/C(C#N)=C/c2ccc(OCc3ccc(Cl)cc3Cl)c(Br)c2)cc1. The molecule has 0 bridgehead atoms. The van der Waals surface area contributed by atoms with Crippen molar-refractivity contribution in [3.05, 3.63) is 91.9 Å². The summed E-state index contributed by atoms with van der Waals surface area (Å²) >= 11 is 15.6. The number of ether oxygens (including phenoxy) is 2. The minimum absolute atomic E-state index is 0.319. The van der Waals surface area contributed by atoms with Gasteiger partial charge in [0.1, 0.15) is 18.1 Å². The van der Waals surface area contributed by atoms with Crippen molar-refractivity contribution in [3.63, 3.8) is 0 Å². The summed E-state index contributed by atoms with van der Waals surface area (Å²) in [6.07, 6.45) is 1.83. The summed E-state index contributed by atoms with van der Waals surface area (Å²) in [4.78, 5) is 0. The number of hydrogen-bond acceptors (Lipinski definition) is 3. The molecule has 6 heteroatoms. The predicted molar refractivity (Wildman–Crippen MR) is 121 cm³/mol. The largest absolute Gasteiger partial charge is 0.497 e. The van der Waals surface area contributed by atoms with E-state index in [0.29, 0.717) is 28.0 Å². The maximum absolute atomic E-state index is 9.54. The van der Waals surface area contributed by atoms with Crippen LogP contribution < -0.4 is 9.47 Å². The number of rotatable bonds is 6. The molecule has 3 rings (SSSR count). The third kappa shape index (κ3) is 5.55. The Kier molecular flexibility index (Phi) is 7.22. The van der Waals surface area contributed by atoms with Gasteiger partial charge in [-0.25, -0.2) is 0 Å². The Balaban J connectivity index is 1.77. The highest BCUT2D eigenvalue weighted by Gasteiger charge is 2.07. The standard InChI is InChI=1S/C23H16BrCl2NO2/c1-28-20-7-4-16(5-8-20)18(13-27)10-15-2-9-23(21(24)11-15)29-14-17-3-6-19(25)12-22(17)26/h2-12H,14H2,1H3/b18-10+. The van der Waals surface area contributed by atoms with E-state index < -0.39 is 0 Å². The first-order valence-corrected chi connectivity index (χ1v) is 10.2. The minimum atomic E-state index is 0.319. The molecule has 0 unspecified atom stereocenters. The predicted octanol–water partition coefficient (Wildman–Crippen LogP) is 7.41. The van der Waals surface area contributed by atoms with Crippen LogP contribution in [0, 0.1) is 11.3 Å². The lowest BCUT2D eigenvalue weighted by Crippen LogP contribution is -1.97. The van der Waals surface area contributed by atoms with Crippen LogP contribution in [0.1, 0.15) is 16.7 Å². The number of allylic oxidation sites excluding steroid dienone is 1. The zero-order valence-corrected chi connectivity index (χ0v) is 18.6. The maximum atomic E-state index is 9.54. The van der Waals surface area contributed by atoms with Crippen molar-refractivity contribution in [2.75, 3.05) is 7.11 Å². The van der Waals surface area contributed by atoms with Crippen molar-refractivity contribution in [1.29, 1.82) is 5.26 Å². The molecule has 0 spiro atoms. The van der Waals surface area contributed by atoms with E-state index in [9.17, 15) is 5.26 Å². The average molecular weight is 489 g/mol. The van der Waals surface area contributed by atoms with E-state index in [2.05, 4.69) is 22.0 Å². The van der Waals surface area contributed by atoms with Crippen LogP contribution in [0.2, 0.25) is 10.0 Å². The van der Waals surface area contributed by atoms with Crippen LogP contribution in [0.15, 0.2) is 65.1 Å². The number of nitriles is 1. The summed E-state index contributed by atoms with van der Waals surface area (Å²) in [6, 6.07) is 20.6. The quantitative estimate of drug-likeness (QED) is 0.268. The van der Waals surface area contributed by atoms with E-state index in [-0.39, 0.29) is 0 Å².